The second-order valence-electron chi connectivity index (χ2n) is 6.18. The zero-order valence-electron chi connectivity index (χ0n) is 14.5. The fourth-order valence-electron chi connectivity index (χ4n) is 3.18. The lowest BCUT2D eigenvalue weighted by Crippen LogP contribution is -2.27. The molecule has 0 aliphatic carbocycles. The van der Waals surface area contributed by atoms with E-state index in [0.29, 0.717) is 16.8 Å². The number of aromatic nitrogens is 2. The summed E-state index contributed by atoms with van der Waals surface area (Å²) in [6, 6.07) is 13.9. The first-order valence-corrected chi connectivity index (χ1v) is 9.39. The van der Waals surface area contributed by atoms with E-state index >= 15 is 0 Å². The third-order valence-electron chi connectivity index (χ3n) is 4.51. The van der Waals surface area contributed by atoms with Gasteiger partial charge in [0, 0.05) is 22.7 Å². The number of amides is 1. The van der Waals surface area contributed by atoms with Crippen molar-refractivity contribution in [2.45, 2.75) is 19.4 Å². The van der Waals surface area contributed by atoms with Crippen molar-refractivity contribution in [2.75, 3.05) is 0 Å². The maximum atomic E-state index is 12.8. The smallest absolute Gasteiger partial charge is 0.326 e. The molecule has 1 unspecified atom stereocenters. The minimum Gasteiger partial charge on any atom is -0.480 e. The van der Waals surface area contributed by atoms with Crippen molar-refractivity contribution in [1.29, 1.82) is 0 Å². The van der Waals surface area contributed by atoms with Crippen molar-refractivity contribution in [1.82, 2.24) is 9.55 Å². The van der Waals surface area contributed by atoms with E-state index in [4.69, 9.17) is 0 Å². The van der Waals surface area contributed by atoms with Gasteiger partial charge in [0.15, 0.2) is 4.80 Å². The molecule has 2 aromatic heterocycles. The van der Waals surface area contributed by atoms with E-state index < -0.39 is 17.9 Å². The van der Waals surface area contributed by atoms with Crippen molar-refractivity contribution in [3.05, 3.63) is 65.1 Å². The number of fused-ring (bicyclic) bond motifs is 2. The van der Waals surface area contributed by atoms with Gasteiger partial charge in [-0.2, -0.15) is 4.99 Å². The Morgan fingerprint density at radius 2 is 2.04 bits per heavy atom. The average Bonchev–Trinajstić information content (AvgIpc) is 3.26. The van der Waals surface area contributed by atoms with Crippen LogP contribution in [0.4, 0.5) is 0 Å². The molecular weight excluding hydrogens is 362 g/mol. The van der Waals surface area contributed by atoms with Crippen LogP contribution in [0.2, 0.25) is 0 Å². The summed E-state index contributed by atoms with van der Waals surface area (Å²) in [6.07, 6.45) is 2.21. The van der Waals surface area contributed by atoms with E-state index in [0.717, 1.165) is 21.1 Å². The highest BCUT2D eigenvalue weighted by molar-refractivity contribution is 7.16. The number of hydrogen-bond donors (Lipinski definition) is 2. The van der Waals surface area contributed by atoms with Gasteiger partial charge in [0.25, 0.3) is 5.91 Å². The lowest BCUT2D eigenvalue weighted by atomic mass is 10.1. The topological polar surface area (TPSA) is 87.4 Å². The lowest BCUT2D eigenvalue weighted by Gasteiger charge is -2.13. The Hall–Kier alpha value is -3.19. The maximum Gasteiger partial charge on any atom is 0.326 e. The van der Waals surface area contributed by atoms with Crippen molar-refractivity contribution < 1.29 is 14.7 Å². The van der Waals surface area contributed by atoms with E-state index in [-0.39, 0.29) is 0 Å². The number of para-hydroxylation sites is 1. The van der Waals surface area contributed by atoms with Gasteiger partial charge in [-0.25, -0.2) is 4.79 Å². The maximum absolute atomic E-state index is 12.8. The number of benzene rings is 2. The Balaban J connectivity index is 1.89. The SMILES string of the molecule is CCC(C(=O)O)n1c(=NC(=O)c2ccc3[nH]ccc3c2)sc2ccccc21. The first-order chi connectivity index (χ1) is 13.1. The minimum absolute atomic E-state index is 0.390. The summed E-state index contributed by atoms with van der Waals surface area (Å²) in [6.45, 7) is 1.81. The number of carboxylic acid groups (broad SMARTS) is 1. The molecule has 0 saturated carbocycles. The molecule has 4 aromatic rings. The molecule has 0 bridgehead atoms. The van der Waals surface area contributed by atoms with Crippen LogP contribution in [0, 0.1) is 0 Å². The molecule has 1 amide bonds. The number of aliphatic carboxylic acids is 1. The molecule has 27 heavy (non-hydrogen) atoms. The average molecular weight is 379 g/mol. The highest BCUT2D eigenvalue weighted by Crippen LogP contribution is 2.23. The highest BCUT2D eigenvalue weighted by Gasteiger charge is 2.22. The summed E-state index contributed by atoms with van der Waals surface area (Å²) in [5.41, 5.74) is 2.18. The van der Waals surface area contributed by atoms with Gasteiger partial charge < -0.3 is 14.7 Å². The van der Waals surface area contributed by atoms with E-state index in [1.54, 1.807) is 16.7 Å². The van der Waals surface area contributed by atoms with Crippen LogP contribution in [-0.2, 0) is 4.79 Å². The van der Waals surface area contributed by atoms with Crippen LogP contribution >= 0.6 is 11.3 Å². The van der Waals surface area contributed by atoms with E-state index in [9.17, 15) is 14.7 Å². The molecule has 0 saturated heterocycles. The monoisotopic (exact) mass is 379 g/mol. The quantitative estimate of drug-likeness (QED) is 0.563. The van der Waals surface area contributed by atoms with Gasteiger partial charge in [-0.3, -0.25) is 4.79 Å². The van der Waals surface area contributed by atoms with Crippen LogP contribution in [0.5, 0.6) is 0 Å². The lowest BCUT2D eigenvalue weighted by molar-refractivity contribution is -0.140. The van der Waals surface area contributed by atoms with Gasteiger partial charge >= 0.3 is 5.97 Å². The molecule has 0 spiro atoms. The second kappa shape index (κ2) is 6.85. The van der Waals surface area contributed by atoms with Crippen molar-refractivity contribution in [2.24, 2.45) is 4.99 Å². The largest absolute Gasteiger partial charge is 0.480 e. The number of rotatable bonds is 4. The van der Waals surface area contributed by atoms with Crippen LogP contribution in [-0.4, -0.2) is 26.5 Å². The first-order valence-electron chi connectivity index (χ1n) is 8.57. The van der Waals surface area contributed by atoms with Crippen LogP contribution < -0.4 is 4.80 Å². The highest BCUT2D eigenvalue weighted by atomic mass is 32.1. The molecule has 0 aliphatic heterocycles. The Bertz CT molecular complexity index is 1230. The number of carbonyl (C=O) groups excluding carboxylic acids is 1. The molecule has 0 radical (unpaired) electrons. The third kappa shape index (κ3) is 3.06. The number of aromatic amines is 1. The van der Waals surface area contributed by atoms with Crippen LogP contribution in [0.1, 0.15) is 29.7 Å². The summed E-state index contributed by atoms with van der Waals surface area (Å²) in [5.74, 6) is -1.33. The third-order valence-corrected chi connectivity index (χ3v) is 5.55. The number of carboxylic acids is 1. The van der Waals surface area contributed by atoms with E-state index in [1.165, 1.54) is 11.3 Å². The number of H-pyrrole nitrogens is 1. The van der Waals surface area contributed by atoms with Crippen molar-refractivity contribution >= 4 is 44.3 Å². The fourth-order valence-corrected chi connectivity index (χ4v) is 4.24. The van der Waals surface area contributed by atoms with Crippen LogP contribution in [0.25, 0.3) is 21.1 Å². The molecule has 6 nitrogen and oxygen atoms in total. The number of nitrogens with zero attached hydrogens (tertiary/aromatic N) is 2. The summed E-state index contributed by atoms with van der Waals surface area (Å²) < 4.78 is 2.54. The van der Waals surface area contributed by atoms with E-state index in [1.807, 2.05) is 49.5 Å². The van der Waals surface area contributed by atoms with Crippen molar-refractivity contribution in [3.63, 3.8) is 0 Å². The normalized spacial score (nSPS) is 13.3. The Morgan fingerprint density at radius 1 is 1.22 bits per heavy atom. The number of nitrogens with one attached hydrogen (secondary N) is 1. The summed E-state index contributed by atoms with van der Waals surface area (Å²) >= 11 is 1.32. The van der Waals surface area contributed by atoms with Gasteiger partial charge in [-0.1, -0.05) is 30.4 Å². The number of hydrogen-bond acceptors (Lipinski definition) is 3. The molecule has 136 valence electrons. The fraction of sp³-hybridized carbons (Fsp3) is 0.150. The zero-order valence-corrected chi connectivity index (χ0v) is 15.4. The standard InChI is InChI=1S/C20H17N3O3S/c1-2-15(19(25)26)23-16-5-3-4-6-17(16)27-20(23)22-18(24)13-7-8-14-12(11-13)9-10-21-14/h3-11,15,21H,2H2,1H3,(H,25,26). The minimum atomic E-state index is -0.941. The van der Waals surface area contributed by atoms with Crippen molar-refractivity contribution in [3.8, 4) is 0 Å². The molecule has 0 fully saturated rings. The molecule has 7 heteroatoms. The Labute approximate surface area is 158 Å². The van der Waals surface area contributed by atoms with Gasteiger partial charge in [-0.05, 0) is 42.8 Å². The zero-order chi connectivity index (χ0) is 19.0. The molecule has 2 heterocycles. The van der Waals surface area contributed by atoms with Gasteiger partial charge in [0.2, 0.25) is 0 Å². The molecule has 0 aliphatic rings. The summed E-state index contributed by atoms with van der Waals surface area (Å²) in [5, 5.41) is 10.6. The summed E-state index contributed by atoms with van der Waals surface area (Å²) in [7, 11) is 0. The van der Waals surface area contributed by atoms with Crippen LogP contribution in [0.15, 0.2) is 59.7 Å². The molecule has 2 N–H and O–H groups in total. The van der Waals surface area contributed by atoms with E-state index in [2.05, 4.69) is 9.98 Å². The molecule has 1 atom stereocenters. The number of carbonyl (C=O) groups is 2. The van der Waals surface area contributed by atoms with Gasteiger partial charge in [0.05, 0.1) is 10.2 Å². The van der Waals surface area contributed by atoms with Gasteiger partial charge in [0.1, 0.15) is 6.04 Å². The molecule has 4 rings (SSSR count). The Morgan fingerprint density at radius 3 is 2.81 bits per heavy atom. The predicted molar refractivity (Wildman–Crippen MR) is 105 cm³/mol. The second-order valence-corrected chi connectivity index (χ2v) is 7.19. The summed E-state index contributed by atoms with van der Waals surface area (Å²) in [4.78, 5) is 32.3. The molecular formula is C20H17N3O3S. The first kappa shape index (κ1) is 17.2. The predicted octanol–water partition coefficient (Wildman–Crippen LogP) is 3.96. The van der Waals surface area contributed by atoms with Gasteiger partial charge in [-0.15, -0.1) is 0 Å². The molecule has 2 aromatic carbocycles. The van der Waals surface area contributed by atoms with Crippen LogP contribution in [0.3, 0.4) is 0 Å². The Kier molecular flexibility index (Phi) is 4.37. The number of thiazole rings is 1.